The predicted molar refractivity (Wildman–Crippen MR) is 92.7 cm³/mol. The smallest absolute Gasteiger partial charge is 0.222 e. The first kappa shape index (κ1) is 16.2. The Labute approximate surface area is 132 Å². The number of hydrogen-bond donors (Lipinski definition) is 3. The number of nitrogens with zero attached hydrogens (tertiary/aromatic N) is 2. The van der Waals surface area contributed by atoms with Crippen LogP contribution in [0.5, 0.6) is 0 Å². The number of anilines is 2. The van der Waals surface area contributed by atoms with Gasteiger partial charge in [0.2, 0.25) is 5.95 Å². The summed E-state index contributed by atoms with van der Waals surface area (Å²) in [5.41, 5.74) is 15.9. The fourth-order valence-electron chi connectivity index (χ4n) is 2.23. The zero-order valence-electron chi connectivity index (χ0n) is 13.8. The molecule has 0 unspecified atom stereocenters. The molecule has 22 heavy (non-hydrogen) atoms. The lowest BCUT2D eigenvalue weighted by Crippen LogP contribution is -2.31. The summed E-state index contributed by atoms with van der Waals surface area (Å²) in [5.74, 6) is 0.993. The van der Waals surface area contributed by atoms with Gasteiger partial charge in [-0.1, -0.05) is 31.0 Å². The second kappa shape index (κ2) is 6.32. The van der Waals surface area contributed by atoms with Gasteiger partial charge in [-0.3, -0.25) is 0 Å². The highest BCUT2D eigenvalue weighted by molar-refractivity contribution is 5.65. The highest BCUT2D eigenvalue weighted by Crippen LogP contribution is 2.24. The van der Waals surface area contributed by atoms with Crippen molar-refractivity contribution >= 4 is 11.8 Å². The van der Waals surface area contributed by atoms with Crippen LogP contribution in [0, 0.1) is 19.3 Å². The molecule has 0 amide bonds. The van der Waals surface area contributed by atoms with Gasteiger partial charge in [-0.25, -0.2) is 4.98 Å². The number of aryl methyl sites for hydroxylation is 2. The van der Waals surface area contributed by atoms with E-state index in [0.717, 1.165) is 23.6 Å². The van der Waals surface area contributed by atoms with Crippen molar-refractivity contribution in [3.05, 3.63) is 35.4 Å². The molecule has 0 aliphatic heterocycles. The number of nitrogen functional groups attached to an aromatic ring is 1. The van der Waals surface area contributed by atoms with Gasteiger partial charge in [-0.15, -0.1) is 0 Å². The lowest BCUT2D eigenvalue weighted by atomic mass is 9.94. The molecule has 0 fully saturated rings. The summed E-state index contributed by atoms with van der Waals surface area (Å²) >= 11 is 0. The second-order valence-electron chi connectivity index (χ2n) is 6.59. The van der Waals surface area contributed by atoms with Gasteiger partial charge in [0.25, 0.3) is 0 Å². The molecule has 1 aromatic carbocycles. The van der Waals surface area contributed by atoms with Crippen molar-refractivity contribution in [3.8, 4) is 11.3 Å². The summed E-state index contributed by atoms with van der Waals surface area (Å²) in [6.07, 6.45) is 0. The predicted octanol–water partition coefficient (Wildman–Crippen LogP) is 2.74. The molecule has 0 aliphatic carbocycles. The van der Waals surface area contributed by atoms with E-state index in [0.29, 0.717) is 6.54 Å². The van der Waals surface area contributed by atoms with Crippen LogP contribution in [-0.2, 0) is 0 Å². The fraction of sp³-hybridized carbons (Fsp3) is 0.412. The van der Waals surface area contributed by atoms with E-state index in [1.54, 1.807) is 0 Å². The maximum absolute atomic E-state index is 5.86. The Morgan fingerprint density at radius 1 is 1.05 bits per heavy atom. The van der Waals surface area contributed by atoms with E-state index >= 15 is 0 Å². The van der Waals surface area contributed by atoms with Crippen molar-refractivity contribution in [1.29, 1.82) is 0 Å². The average Bonchev–Trinajstić information content (AvgIpc) is 2.44. The monoisotopic (exact) mass is 299 g/mol. The number of nitrogens with two attached hydrogens (primary N) is 2. The molecule has 0 bridgehead atoms. The van der Waals surface area contributed by atoms with E-state index in [-0.39, 0.29) is 11.4 Å². The van der Waals surface area contributed by atoms with Gasteiger partial charge >= 0.3 is 0 Å². The van der Waals surface area contributed by atoms with Crippen LogP contribution < -0.4 is 16.8 Å². The third-order valence-corrected chi connectivity index (χ3v) is 3.56. The highest BCUT2D eigenvalue weighted by Gasteiger charge is 2.15. The fourth-order valence-corrected chi connectivity index (χ4v) is 2.23. The third kappa shape index (κ3) is 4.18. The minimum atomic E-state index is -0.000200. The van der Waals surface area contributed by atoms with Crippen molar-refractivity contribution in [3.63, 3.8) is 0 Å². The molecule has 1 heterocycles. The molecule has 0 saturated carbocycles. The van der Waals surface area contributed by atoms with E-state index in [1.807, 2.05) is 6.07 Å². The van der Waals surface area contributed by atoms with E-state index in [4.69, 9.17) is 11.5 Å². The van der Waals surface area contributed by atoms with Crippen LogP contribution in [0.25, 0.3) is 11.3 Å². The normalized spacial score (nSPS) is 11.5. The molecule has 0 aliphatic rings. The first-order valence-electron chi connectivity index (χ1n) is 7.46. The lowest BCUT2D eigenvalue weighted by molar-refractivity contribution is 0.405. The van der Waals surface area contributed by atoms with Crippen molar-refractivity contribution in [1.82, 2.24) is 9.97 Å². The Kier molecular flexibility index (Phi) is 4.66. The SMILES string of the molecule is Cc1cc(C)cc(-c2cc(NCC(C)(C)CN)nc(N)n2)c1. The maximum atomic E-state index is 5.86. The maximum Gasteiger partial charge on any atom is 0.222 e. The van der Waals surface area contributed by atoms with E-state index in [2.05, 4.69) is 61.2 Å². The van der Waals surface area contributed by atoms with Crippen LogP contribution in [0.4, 0.5) is 11.8 Å². The Morgan fingerprint density at radius 2 is 1.68 bits per heavy atom. The lowest BCUT2D eigenvalue weighted by Gasteiger charge is -2.23. The number of rotatable bonds is 5. The van der Waals surface area contributed by atoms with Gasteiger partial charge in [0, 0.05) is 18.2 Å². The Balaban J connectivity index is 2.30. The van der Waals surface area contributed by atoms with Crippen LogP contribution in [0.3, 0.4) is 0 Å². The molecular weight excluding hydrogens is 274 g/mol. The molecule has 5 heteroatoms. The quantitative estimate of drug-likeness (QED) is 0.790. The van der Waals surface area contributed by atoms with Gasteiger partial charge in [0.1, 0.15) is 5.82 Å². The van der Waals surface area contributed by atoms with Gasteiger partial charge in [-0.2, -0.15) is 4.98 Å². The minimum Gasteiger partial charge on any atom is -0.369 e. The van der Waals surface area contributed by atoms with E-state index in [1.165, 1.54) is 11.1 Å². The first-order valence-corrected chi connectivity index (χ1v) is 7.46. The number of aromatic nitrogens is 2. The molecule has 2 aromatic rings. The molecule has 1 aromatic heterocycles. The zero-order valence-corrected chi connectivity index (χ0v) is 13.8. The molecule has 118 valence electrons. The molecule has 5 nitrogen and oxygen atoms in total. The third-order valence-electron chi connectivity index (χ3n) is 3.56. The molecule has 0 spiro atoms. The molecule has 0 atom stereocenters. The summed E-state index contributed by atoms with van der Waals surface area (Å²) in [6, 6.07) is 8.26. The highest BCUT2D eigenvalue weighted by atomic mass is 15.1. The van der Waals surface area contributed by atoms with Crippen LogP contribution in [0.2, 0.25) is 0 Å². The van der Waals surface area contributed by atoms with Gasteiger partial charge < -0.3 is 16.8 Å². The van der Waals surface area contributed by atoms with Crippen LogP contribution >= 0.6 is 0 Å². The van der Waals surface area contributed by atoms with Gasteiger partial charge in [0.15, 0.2) is 0 Å². The Hall–Kier alpha value is -2.14. The number of nitrogens with one attached hydrogen (secondary N) is 1. The summed E-state index contributed by atoms with van der Waals surface area (Å²) in [7, 11) is 0. The second-order valence-corrected chi connectivity index (χ2v) is 6.59. The Bertz CT molecular complexity index is 644. The van der Waals surface area contributed by atoms with Crippen molar-refractivity contribution < 1.29 is 0 Å². The summed E-state index contributed by atoms with van der Waals surface area (Å²) in [6.45, 7) is 9.69. The number of benzene rings is 1. The molecular formula is C17H25N5. The van der Waals surface area contributed by atoms with E-state index < -0.39 is 0 Å². The molecule has 0 saturated heterocycles. The minimum absolute atomic E-state index is 0.000200. The largest absolute Gasteiger partial charge is 0.369 e. The van der Waals surface area contributed by atoms with E-state index in [9.17, 15) is 0 Å². The van der Waals surface area contributed by atoms with Gasteiger partial charge in [-0.05, 0) is 37.9 Å². The topological polar surface area (TPSA) is 89.8 Å². The summed E-state index contributed by atoms with van der Waals surface area (Å²) in [5, 5.41) is 3.30. The van der Waals surface area contributed by atoms with Crippen LogP contribution in [-0.4, -0.2) is 23.1 Å². The molecule has 5 N–H and O–H groups in total. The first-order chi connectivity index (χ1) is 10.3. The van der Waals surface area contributed by atoms with Crippen LogP contribution in [0.1, 0.15) is 25.0 Å². The Morgan fingerprint density at radius 3 is 2.27 bits per heavy atom. The van der Waals surface area contributed by atoms with Crippen LogP contribution in [0.15, 0.2) is 24.3 Å². The zero-order chi connectivity index (χ0) is 16.3. The number of hydrogen-bond acceptors (Lipinski definition) is 5. The average molecular weight is 299 g/mol. The molecule has 0 radical (unpaired) electrons. The van der Waals surface area contributed by atoms with Crippen molar-refractivity contribution in [2.45, 2.75) is 27.7 Å². The van der Waals surface area contributed by atoms with Crippen molar-refractivity contribution in [2.75, 3.05) is 24.1 Å². The summed E-state index contributed by atoms with van der Waals surface area (Å²) in [4.78, 5) is 8.61. The van der Waals surface area contributed by atoms with Crippen molar-refractivity contribution in [2.24, 2.45) is 11.1 Å². The summed E-state index contributed by atoms with van der Waals surface area (Å²) < 4.78 is 0. The van der Waals surface area contributed by atoms with Gasteiger partial charge in [0.05, 0.1) is 5.69 Å². The molecule has 2 rings (SSSR count). The standard InChI is InChI=1S/C17H25N5/c1-11-5-12(2)7-13(6-11)14-8-15(22-16(19)21-14)20-10-17(3,4)9-18/h5-8H,9-10,18H2,1-4H3,(H3,19,20,21,22).